The van der Waals surface area contributed by atoms with Gasteiger partial charge in [-0.05, 0) is 0 Å². The zero-order valence-corrected chi connectivity index (χ0v) is 11.5. The van der Waals surface area contributed by atoms with Gasteiger partial charge in [-0.25, -0.2) is 0 Å². The van der Waals surface area contributed by atoms with Gasteiger partial charge >= 0.3 is 58.4 Å². The molecule has 72 valence electrons. The van der Waals surface area contributed by atoms with Crippen LogP contribution < -0.4 is 51.4 Å². The summed E-state index contributed by atoms with van der Waals surface area (Å²) in [6.45, 7) is -2.71. The van der Waals surface area contributed by atoms with E-state index in [2.05, 4.69) is 0 Å². The quantitative estimate of drug-likeness (QED) is 0.601. The number of hydrogen-bond donors (Lipinski definition) is 0. The summed E-state index contributed by atoms with van der Waals surface area (Å²) >= 11 is 0. The van der Waals surface area contributed by atoms with E-state index < -0.39 is 12.8 Å². The van der Waals surface area contributed by atoms with Crippen LogP contribution in [0.5, 0.6) is 0 Å². The first kappa shape index (κ1) is 14.5. The van der Waals surface area contributed by atoms with Crippen molar-refractivity contribution < 1.29 is 64.3 Å². The fourth-order valence-corrected chi connectivity index (χ4v) is 2.24. The van der Waals surface area contributed by atoms with E-state index in [9.17, 15) is 12.9 Å². The Kier molecular flexibility index (Phi) is 6.86. The van der Waals surface area contributed by atoms with Gasteiger partial charge in [-0.2, -0.15) is 0 Å². The first-order valence-corrected chi connectivity index (χ1v) is 4.75. The van der Waals surface area contributed by atoms with E-state index in [-0.39, 0.29) is 57.3 Å². The molecule has 0 bridgehead atoms. The van der Waals surface area contributed by atoms with Crippen molar-refractivity contribution in [3.63, 3.8) is 0 Å². The van der Waals surface area contributed by atoms with Crippen molar-refractivity contribution in [2.24, 2.45) is 5.92 Å². The Bertz CT molecular complexity index is 149. The van der Waals surface area contributed by atoms with Crippen molar-refractivity contribution >= 4 is 6.98 Å². The molecule has 1 saturated carbocycles. The molecule has 5 heteroatoms. The maximum absolute atomic E-state index is 12.4. The minimum atomic E-state index is -4.58. The third-order valence-corrected chi connectivity index (χ3v) is 2.98. The van der Waals surface area contributed by atoms with E-state index in [0.717, 1.165) is 19.3 Å². The molecule has 0 N–H and O–H groups in total. The fraction of sp³-hybridized carbons (Fsp3) is 1.00. The normalized spacial score (nSPS) is 29.5. The predicted molar refractivity (Wildman–Crippen MR) is 45.1 cm³/mol. The van der Waals surface area contributed by atoms with Gasteiger partial charge in [-0.3, -0.25) is 0 Å². The molecule has 0 aromatic carbocycles. The van der Waals surface area contributed by atoms with Gasteiger partial charge < -0.3 is 12.9 Å². The van der Waals surface area contributed by atoms with Crippen molar-refractivity contribution in [3.8, 4) is 0 Å². The van der Waals surface area contributed by atoms with E-state index in [1.165, 1.54) is 0 Å². The van der Waals surface area contributed by atoms with Gasteiger partial charge in [0.15, 0.2) is 0 Å². The van der Waals surface area contributed by atoms with Gasteiger partial charge in [-0.1, -0.05) is 50.8 Å². The SMILES string of the molecule is CC[C@H]1CCCCC1[B-](F)(F)F.[K+]. The summed E-state index contributed by atoms with van der Waals surface area (Å²) in [6.07, 6.45) is 3.60. The van der Waals surface area contributed by atoms with E-state index in [1.54, 1.807) is 0 Å². The smallest absolute Gasteiger partial charge is 0.449 e. The van der Waals surface area contributed by atoms with Crippen molar-refractivity contribution in [1.29, 1.82) is 0 Å². The van der Waals surface area contributed by atoms with E-state index in [1.807, 2.05) is 6.92 Å². The zero-order chi connectivity index (χ0) is 9.19. The Morgan fingerprint density at radius 1 is 1.15 bits per heavy atom. The molecule has 1 rings (SSSR count). The van der Waals surface area contributed by atoms with Crippen molar-refractivity contribution in [2.75, 3.05) is 0 Å². The van der Waals surface area contributed by atoms with E-state index in [0.29, 0.717) is 12.8 Å². The average Bonchev–Trinajstić information content (AvgIpc) is 2.03. The summed E-state index contributed by atoms with van der Waals surface area (Å²) in [6, 6.07) is 0. The zero-order valence-electron chi connectivity index (χ0n) is 8.40. The molecule has 1 fully saturated rings. The molecule has 0 nitrogen and oxygen atoms in total. The summed E-state index contributed by atoms with van der Waals surface area (Å²) in [5.41, 5.74) is 0. The molecule has 0 aromatic heterocycles. The molecule has 0 saturated heterocycles. The van der Waals surface area contributed by atoms with Gasteiger partial charge in [0.25, 0.3) is 0 Å². The van der Waals surface area contributed by atoms with E-state index in [4.69, 9.17) is 0 Å². The third kappa shape index (κ3) is 4.24. The fourth-order valence-electron chi connectivity index (χ4n) is 2.24. The van der Waals surface area contributed by atoms with Crippen molar-refractivity contribution in [1.82, 2.24) is 0 Å². The summed E-state index contributed by atoms with van der Waals surface area (Å²) < 4.78 is 37.3. The van der Waals surface area contributed by atoms with Crippen LogP contribution in [0.2, 0.25) is 5.82 Å². The minimum absolute atomic E-state index is 0. The second kappa shape index (κ2) is 6.16. The molecule has 13 heavy (non-hydrogen) atoms. The summed E-state index contributed by atoms with van der Waals surface area (Å²) in [5.74, 6) is -1.04. The molecule has 0 heterocycles. The van der Waals surface area contributed by atoms with Crippen LogP contribution >= 0.6 is 0 Å². The maximum atomic E-state index is 12.4. The molecule has 0 radical (unpaired) electrons. The molecule has 0 spiro atoms. The molecule has 1 aliphatic rings. The van der Waals surface area contributed by atoms with Gasteiger partial charge in [0.05, 0.1) is 0 Å². The monoisotopic (exact) mass is 218 g/mol. The Hall–Kier alpha value is 1.49. The van der Waals surface area contributed by atoms with Gasteiger partial charge in [0.1, 0.15) is 0 Å². The van der Waals surface area contributed by atoms with Crippen LogP contribution in [-0.4, -0.2) is 6.98 Å². The Labute approximate surface area is 121 Å². The second-order valence-corrected chi connectivity index (χ2v) is 3.74. The third-order valence-electron chi connectivity index (χ3n) is 2.98. The predicted octanol–water partition coefficient (Wildman–Crippen LogP) is 0.808. The molecular weight excluding hydrogens is 203 g/mol. The first-order chi connectivity index (χ1) is 5.55. The van der Waals surface area contributed by atoms with Gasteiger partial charge in [-0.15, -0.1) is 0 Å². The standard InChI is InChI=1S/C8H15BF3.K/c1-2-7-5-3-4-6-8(7)9(10,11)12;/h7-8H,2-6H2,1H3;/q-1;+1/t7-,8?;/m0./s1. The van der Waals surface area contributed by atoms with Crippen LogP contribution in [0.25, 0.3) is 0 Å². The molecule has 0 aliphatic heterocycles. The Balaban J connectivity index is 0.00000144. The van der Waals surface area contributed by atoms with Crippen LogP contribution in [0.15, 0.2) is 0 Å². The second-order valence-electron chi connectivity index (χ2n) is 3.74. The van der Waals surface area contributed by atoms with E-state index >= 15 is 0 Å². The van der Waals surface area contributed by atoms with Crippen LogP contribution in [0.3, 0.4) is 0 Å². The summed E-state index contributed by atoms with van der Waals surface area (Å²) in [5, 5.41) is 0. The summed E-state index contributed by atoms with van der Waals surface area (Å²) in [4.78, 5) is 0. The summed E-state index contributed by atoms with van der Waals surface area (Å²) in [7, 11) is 0. The molecule has 1 aliphatic carbocycles. The molecule has 0 aromatic rings. The topological polar surface area (TPSA) is 0 Å². The van der Waals surface area contributed by atoms with Crippen LogP contribution in [0.1, 0.15) is 39.0 Å². The number of halogens is 3. The Morgan fingerprint density at radius 3 is 2.08 bits per heavy atom. The van der Waals surface area contributed by atoms with Crippen LogP contribution in [0, 0.1) is 5.92 Å². The molecular formula is C8H15BF3K. The Morgan fingerprint density at radius 2 is 1.69 bits per heavy atom. The van der Waals surface area contributed by atoms with Crippen LogP contribution in [-0.2, 0) is 0 Å². The number of rotatable bonds is 2. The maximum Gasteiger partial charge on any atom is 1.00 e. The average molecular weight is 218 g/mol. The van der Waals surface area contributed by atoms with Gasteiger partial charge in [0.2, 0.25) is 0 Å². The minimum Gasteiger partial charge on any atom is -0.449 e. The number of hydrogen-bond acceptors (Lipinski definition) is 0. The van der Waals surface area contributed by atoms with Gasteiger partial charge in [0, 0.05) is 0 Å². The van der Waals surface area contributed by atoms with Crippen LogP contribution in [0.4, 0.5) is 12.9 Å². The van der Waals surface area contributed by atoms with Crippen molar-refractivity contribution in [2.45, 2.75) is 44.8 Å². The first-order valence-electron chi connectivity index (χ1n) is 4.75. The van der Waals surface area contributed by atoms with Crippen molar-refractivity contribution in [3.05, 3.63) is 0 Å². The largest absolute Gasteiger partial charge is 1.00 e. The molecule has 2 atom stereocenters. The molecule has 1 unspecified atom stereocenters. The molecule has 0 amide bonds.